The second kappa shape index (κ2) is 7.77. The number of benzene rings is 1. The second-order valence-electron chi connectivity index (χ2n) is 6.58. The summed E-state index contributed by atoms with van der Waals surface area (Å²) in [5.74, 6) is 1.42. The van der Waals surface area contributed by atoms with Crippen LogP contribution in [0.1, 0.15) is 5.56 Å². The Bertz CT molecular complexity index is 1030. The van der Waals surface area contributed by atoms with E-state index in [9.17, 15) is 4.79 Å². The SMILES string of the molecule is CNOc1cc(CN(C)C)c(OC)cc1-c1cn(C)c(=O)c2cnccc12. The molecule has 27 heavy (non-hydrogen) atoms. The average molecular weight is 368 g/mol. The lowest BCUT2D eigenvalue weighted by Gasteiger charge is -2.19. The molecule has 0 saturated carbocycles. The summed E-state index contributed by atoms with van der Waals surface area (Å²) < 4.78 is 7.18. The number of hydroxylamine groups is 1. The smallest absolute Gasteiger partial charge is 0.259 e. The molecule has 2 heterocycles. The van der Waals surface area contributed by atoms with Crippen LogP contribution in [0.2, 0.25) is 0 Å². The Kier molecular flexibility index (Phi) is 5.43. The van der Waals surface area contributed by atoms with Gasteiger partial charge < -0.3 is 19.0 Å². The third-order valence-corrected chi connectivity index (χ3v) is 4.36. The number of fused-ring (bicyclic) bond motifs is 1. The zero-order chi connectivity index (χ0) is 19.6. The number of rotatable bonds is 6. The van der Waals surface area contributed by atoms with Crippen LogP contribution in [-0.4, -0.2) is 42.7 Å². The minimum Gasteiger partial charge on any atom is -0.496 e. The predicted octanol–water partition coefficient (Wildman–Crippen LogP) is 2.18. The largest absolute Gasteiger partial charge is 0.496 e. The van der Waals surface area contributed by atoms with Crippen LogP contribution in [-0.2, 0) is 13.6 Å². The molecule has 1 N–H and O–H groups in total. The fourth-order valence-electron chi connectivity index (χ4n) is 3.19. The summed E-state index contributed by atoms with van der Waals surface area (Å²) in [6.45, 7) is 0.710. The highest BCUT2D eigenvalue weighted by Gasteiger charge is 2.18. The van der Waals surface area contributed by atoms with Gasteiger partial charge in [-0.3, -0.25) is 9.78 Å². The van der Waals surface area contributed by atoms with Crippen LogP contribution in [0.25, 0.3) is 21.9 Å². The summed E-state index contributed by atoms with van der Waals surface area (Å²) in [4.78, 5) is 24.3. The highest BCUT2D eigenvalue weighted by atomic mass is 16.6. The topological polar surface area (TPSA) is 68.6 Å². The molecule has 0 aliphatic heterocycles. The zero-order valence-electron chi connectivity index (χ0n) is 16.2. The van der Waals surface area contributed by atoms with Crippen molar-refractivity contribution in [2.75, 3.05) is 28.3 Å². The molecule has 2 aromatic heterocycles. The van der Waals surface area contributed by atoms with E-state index in [0.717, 1.165) is 27.8 Å². The van der Waals surface area contributed by atoms with E-state index in [1.54, 1.807) is 38.2 Å². The lowest BCUT2D eigenvalue weighted by atomic mass is 9.98. The van der Waals surface area contributed by atoms with E-state index in [4.69, 9.17) is 9.57 Å². The number of aromatic nitrogens is 2. The molecule has 0 amide bonds. The normalized spacial score (nSPS) is 11.2. The van der Waals surface area contributed by atoms with Gasteiger partial charge in [0.25, 0.3) is 5.56 Å². The lowest BCUT2D eigenvalue weighted by molar-refractivity contribution is 0.224. The quantitative estimate of drug-likeness (QED) is 0.673. The minimum absolute atomic E-state index is 0.0888. The number of methoxy groups -OCH3 is 1. The molecule has 0 atom stereocenters. The maximum atomic E-state index is 12.5. The molecule has 0 spiro atoms. The van der Waals surface area contributed by atoms with Crippen molar-refractivity contribution in [3.8, 4) is 22.6 Å². The van der Waals surface area contributed by atoms with E-state index >= 15 is 0 Å². The second-order valence-corrected chi connectivity index (χ2v) is 6.58. The Balaban J connectivity index is 2.32. The van der Waals surface area contributed by atoms with Crippen molar-refractivity contribution in [1.29, 1.82) is 0 Å². The molecular weight excluding hydrogens is 344 g/mol. The summed E-state index contributed by atoms with van der Waals surface area (Å²) in [6.07, 6.45) is 5.09. The van der Waals surface area contributed by atoms with Crippen molar-refractivity contribution < 1.29 is 9.57 Å². The average Bonchev–Trinajstić information content (AvgIpc) is 2.65. The van der Waals surface area contributed by atoms with E-state index in [1.807, 2.05) is 38.5 Å². The van der Waals surface area contributed by atoms with Crippen molar-refractivity contribution in [2.45, 2.75) is 6.54 Å². The first-order chi connectivity index (χ1) is 13.0. The Morgan fingerprint density at radius 1 is 1.19 bits per heavy atom. The van der Waals surface area contributed by atoms with Gasteiger partial charge in [-0.05, 0) is 37.7 Å². The molecule has 0 aliphatic rings. The van der Waals surface area contributed by atoms with Gasteiger partial charge in [-0.25, -0.2) is 0 Å². The number of nitrogens with one attached hydrogen (secondary N) is 1. The Labute approximate surface area is 158 Å². The number of aryl methyl sites for hydroxylation is 1. The fourth-order valence-corrected chi connectivity index (χ4v) is 3.19. The van der Waals surface area contributed by atoms with E-state index in [-0.39, 0.29) is 5.56 Å². The van der Waals surface area contributed by atoms with Crippen LogP contribution in [0.5, 0.6) is 11.5 Å². The molecular formula is C20H24N4O3. The monoisotopic (exact) mass is 368 g/mol. The summed E-state index contributed by atoms with van der Waals surface area (Å²) in [7, 11) is 9.09. The van der Waals surface area contributed by atoms with E-state index < -0.39 is 0 Å². The van der Waals surface area contributed by atoms with Crippen LogP contribution in [0.3, 0.4) is 0 Å². The highest BCUT2D eigenvalue weighted by Crippen LogP contribution is 2.38. The van der Waals surface area contributed by atoms with Gasteiger partial charge in [0.05, 0.1) is 12.5 Å². The first-order valence-corrected chi connectivity index (χ1v) is 8.59. The van der Waals surface area contributed by atoms with Gasteiger partial charge in [0.1, 0.15) is 5.75 Å². The van der Waals surface area contributed by atoms with Crippen LogP contribution in [0.4, 0.5) is 0 Å². The molecule has 0 saturated heterocycles. The molecule has 0 unspecified atom stereocenters. The first kappa shape index (κ1) is 18.9. The molecule has 3 rings (SSSR count). The van der Waals surface area contributed by atoms with Crippen molar-refractivity contribution >= 4 is 10.8 Å². The third-order valence-electron chi connectivity index (χ3n) is 4.36. The van der Waals surface area contributed by atoms with Gasteiger partial charge in [-0.1, -0.05) is 0 Å². The summed E-state index contributed by atoms with van der Waals surface area (Å²) in [6, 6.07) is 5.75. The van der Waals surface area contributed by atoms with Crippen LogP contribution < -0.4 is 20.6 Å². The Morgan fingerprint density at radius 3 is 2.63 bits per heavy atom. The van der Waals surface area contributed by atoms with Crippen molar-refractivity contribution in [3.63, 3.8) is 0 Å². The number of hydrogen-bond acceptors (Lipinski definition) is 6. The zero-order valence-corrected chi connectivity index (χ0v) is 16.2. The standard InChI is InChI=1S/C20H24N4O3/c1-21-27-19-8-13(11-23(2)3)18(26-5)9-15(19)17-12-24(4)20(25)16-10-22-7-6-14(16)17/h6-10,12,21H,11H2,1-5H3. The number of ether oxygens (including phenoxy) is 1. The molecule has 142 valence electrons. The molecule has 0 fully saturated rings. The molecule has 0 bridgehead atoms. The minimum atomic E-state index is -0.0888. The number of nitrogens with zero attached hydrogens (tertiary/aromatic N) is 3. The summed E-state index contributed by atoms with van der Waals surface area (Å²) >= 11 is 0. The van der Waals surface area contributed by atoms with E-state index in [0.29, 0.717) is 17.7 Å². The van der Waals surface area contributed by atoms with E-state index in [1.165, 1.54) is 0 Å². The summed E-state index contributed by atoms with van der Waals surface area (Å²) in [5, 5.41) is 1.38. The van der Waals surface area contributed by atoms with Crippen LogP contribution in [0.15, 0.2) is 41.6 Å². The number of hydrogen-bond donors (Lipinski definition) is 1. The maximum absolute atomic E-state index is 12.5. The van der Waals surface area contributed by atoms with Crippen LogP contribution in [0, 0.1) is 0 Å². The van der Waals surface area contributed by atoms with Gasteiger partial charge >= 0.3 is 0 Å². The highest BCUT2D eigenvalue weighted by molar-refractivity contribution is 5.97. The predicted molar refractivity (Wildman–Crippen MR) is 106 cm³/mol. The maximum Gasteiger partial charge on any atom is 0.259 e. The fraction of sp³-hybridized carbons (Fsp3) is 0.300. The van der Waals surface area contributed by atoms with Gasteiger partial charge in [0.2, 0.25) is 0 Å². The Morgan fingerprint density at radius 2 is 1.96 bits per heavy atom. The lowest BCUT2D eigenvalue weighted by Crippen LogP contribution is -2.17. The molecule has 7 nitrogen and oxygen atoms in total. The number of pyridine rings is 2. The molecule has 3 aromatic rings. The van der Waals surface area contributed by atoms with Gasteiger partial charge in [-0.2, -0.15) is 5.48 Å². The van der Waals surface area contributed by atoms with Crippen LogP contribution >= 0.6 is 0 Å². The first-order valence-electron chi connectivity index (χ1n) is 8.59. The molecule has 0 radical (unpaired) electrons. The molecule has 1 aromatic carbocycles. The van der Waals surface area contributed by atoms with E-state index in [2.05, 4.69) is 15.4 Å². The molecule has 0 aliphatic carbocycles. The van der Waals surface area contributed by atoms with Gasteiger partial charge in [0.15, 0.2) is 5.75 Å². The van der Waals surface area contributed by atoms with Crippen molar-refractivity contribution in [1.82, 2.24) is 19.9 Å². The van der Waals surface area contributed by atoms with Gasteiger partial charge in [0, 0.05) is 55.9 Å². The van der Waals surface area contributed by atoms with Gasteiger partial charge in [-0.15, -0.1) is 0 Å². The van der Waals surface area contributed by atoms with Crippen molar-refractivity contribution in [2.24, 2.45) is 7.05 Å². The van der Waals surface area contributed by atoms with Crippen molar-refractivity contribution in [3.05, 3.63) is 52.7 Å². The Hall–Kier alpha value is -2.90. The third kappa shape index (κ3) is 3.65. The molecule has 7 heteroatoms. The summed E-state index contributed by atoms with van der Waals surface area (Å²) in [5.41, 5.74) is 5.37.